The van der Waals surface area contributed by atoms with Gasteiger partial charge in [0.2, 0.25) is 0 Å². The summed E-state index contributed by atoms with van der Waals surface area (Å²) in [7, 11) is 0. The fourth-order valence-electron chi connectivity index (χ4n) is 2.28. The minimum absolute atomic E-state index is 0.338. The quantitative estimate of drug-likeness (QED) is 0.795. The van der Waals surface area contributed by atoms with Crippen LogP contribution in [0.3, 0.4) is 0 Å². The summed E-state index contributed by atoms with van der Waals surface area (Å²) in [6.45, 7) is 6.33. The van der Waals surface area contributed by atoms with Crippen molar-refractivity contribution in [2.45, 2.75) is 39.2 Å². The third-order valence-corrected chi connectivity index (χ3v) is 3.25. The normalized spacial score (nSPS) is 15.5. The molecule has 1 heterocycles. The topological polar surface area (TPSA) is 49.8 Å². The molecule has 1 aromatic rings. The van der Waals surface area contributed by atoms with E-state index in [2.05, 4.69) is 0 Å². The highest BCUT2D eigenvalue weighted by Crippen LogP contribution is 2.26. The van der Waals surface area contributed by atoms with E-state index in [1.165, 1.54) is 6.07 Å². The first-order valence-electron chi connectivity index (χ1n) is 6.75. The number of hydrogen-bond acceptors (Lipinski definition) is 3. The summed E-state index contributed by atoms with van der Waals surface area (Å²) < 4.78 is 19.2. The zero-order valence-corrected chi connectivity index (χ0v) is 12.1. The molecule has 2 rings (SSSR count). The number of rotatable bonds is 0. The third-order valence-electron chi connectivity index (χ3n) is 3.25. The van der Waals surface area contributed by atoms with E-state index in [4.69, 9.17) is 4.74 Å². The highest BCUT2D eigenvalue weighted by molar-refractivity contribution is 5.68. The van der Waals surface area contributed by atoms with E-state index in [0.29, 0.717) is 31.5 Å². The second-order valence-electron chi connectivity index (χ2n) is 6.00. The number of halogens is 1. The first-order valence-corrected chi connectivity index (χ1v) is 6.75. The molecule has 1 N–H and O–H groups in total. The van der Waals surface area contributed by atoms with E-state index in [1.807, 2.05) is 20.8 Å². The van der Waals surface area contributed by atoms with Gasteiger partial charge in [0.25, 0.3) is 0 Å². The van der Waals surface area contributed by atoms with Gasteiger partial charge >= 0.3 is 6.09 Å². The Morgan fingerprint density at radius 1 is 1.30 bits per heavy atom. The van der Waals surface area contributed by atoms with Gasteiger partial charge in [-0.15, -0.1) is 0 Å². The number of amides is 1. The molecule has 4 nitrogen and oxygen atoms in total. The second kappa shape index (κ2) is 5.31. The highest BCUT2D eigenvalue weighted by atomic mass is 19.1. The SMILES string of the molecule is CC(C)(C)OC(=O)N1CCc2ccc(O)c(F)c2CC1. The van der Waals surface area contributed by atoms with E-state index < -0.39 is 11.4 Å². The number of benzene rings is 1. The third kappa shape index (κ3) is 3.21. The Kier molecular flexibility index (Phi) is 3.88. The Balaban J connectivity index is 2.12. The lowest BCUT2D eigenvalue weighted by Gasteiger charge is -2.26. The molecule has 0 atom stereocenters. The Hall–Kier alpha value is -1.78. The molecule has 5 heteroatoms. The number of ether oxygens (including phenoxy) is 1. The maximum Gasteiger partial charge on any atom is 0.410 e. The molecule has 0 bridgehead atoms. The zero-order valence-electron chi connectivity index (χ0n) is 12.1. The predicted molar refractivity (Wildman–Crippen MR) is 73.3 cm³/mol. The Morgan fingerprint density at radius 2 is 1.95 bits per heavy atom. The number of phenols is 1. The van der Waals surface area contributed by atoms with Crippen molar-refractivity contribution in [2.24, 2.45) is 0 Å². The fraction of sp³-hybridized carbons (Fsp3) is 0.533. The maximum absolute atomic E-state index is 13.9. The molecule has 0 saturated carbocycles. The van der Waals surface area contributed by atoms with Gasteiger partial charge in [-0.1, -0.05) is 6.07 Å². The van der Waals surface area contributed by atoms with E-state index in [9.17, 15) is 14.3 Å². The Labute approximate surface area is 118 Å². The van der Waals surface area contributed by atoms with Crippen LogP contribution in [0.25, 0.3) is 0 Å². The fourth-order valence-corrected chi connectivity index (χ4v) is 2.28. The van der Waals surface area contributed by atoms with E-state index >= 15 is 0 Å². The summed E-state index contributed by atoms with van der Waals surface area (Å²) in [5, 5.41) is 9.41. The molecule has 0 unspecified atom stereocenters. The van der Waals surface area contributed by atoms with Gasteiger partial charge < -0.3 is 14.7 Å². The number of hydrogen-bond donors (Lipinski definition) is 1. The molecule has 110 valence electrons. The minimum atomic E-state index is -0.575. The van der Waals surface area contributed by atoms with E-state index in [-0.39, 0.29) is 11.8 Å². The Morgan fingerprint density at radius 3 is 2.60 bits per heavy atom. The lowest BCUT2D eigenvalue weighted by molar-refractivity contribution is 0.0258. The number of fused-ring (bicyclic) bond motifs is 1. The molecule has 0 fully saturated rings. The van der Waals surface area contributed by atoms with Gasteiger partial charge in [0.1, 0.15) is 5.60 Å². The smallest absolute Gasteiger partial charge is 0.410 e. The van der Waals surface area contributed by atoms with Crippen LogP contribution in [-0.2, 0) is 17.6 Å². The van der Waals surface area contributed by atoms with Gasteiger partial charge in [0.15, 0.2) is 11.6 Å². The number of carbonyl (C=O) groups is 1. The zero-order chi connectivity index (χ0) is 14.9. The highest BCUT2D eigenvalue weighted by Gasteiger charge is 2.25. The first kappa shape index (κ1) is 14.6. The summed E-state index contributed by atoms with van der Waals surface area (Å²) in [5.74, 6) is -0.914. The molecule has 1 amide bonds. The standard InChI is InChI=1S/C15H20FNO3/c1-15(2,3)20-14(19)17-8-6-10-4-5-12(18)13(16)11(10)7-9-17/h4-5,18H,6-9H2,1-3H3. The molecule has 0 saturated heterocycles. The van der Waals surface area contributed by atoms with Crippen molar-refractivity contribution in [1.29, 1.82) is 0 Å². The molecule has 0 aliphatic carbocycles. The van der Waals surface area contributed by atoms with Gasteiger partial charge in [0, 0.05) is 13.1 Å². The number of phenolic OH excluding ortho intramolecular Hbond substituents is 1. The lowest BCUT2D eigenvalue weighted by atomic mass is 10.0. The lowest BCUT2D eigenvalue weighted by Crippen LogP contribution is -2.38. The average molecular weight is 281 g/mol. The van der Waals surface area contributed by atoms with Gasteiger partial charge in [0.05, 0.1) is 0 Å². The molecule has 1 aliphatic heterocycles. The van der Waals surface area contributed by atoms with Crippen molar-refractivity contribution >= 4 is 6.09 Å². The van der Waals surface area contributed by atoms with E-state index in [1.54, 1.807) is 11.0 Å². The van der Waals surface area contributed by atoms with Crippen molar-refractivity contribution in [3.8, 4) is 5.75 Å². The average Bonchev–Trinajstić information content (AvgIpc) is 2.54. The van der Waals surface area contributed by atoms with E-state index in [0.717, 1.165) is 5.56 Å². The van der Waals surface area contributed by atoms with Gasteiger partial charge in [-0.25, -0.2) is 9.18 Å². The van der Waals surface area contributed by atoms with Crippen LogP contribution >= 0.6 is 0 Å². The molecular weight excluding hydrogens is 261 g/mol. The van der Waals surface area contributed by atoms with Crippen LogP contribution < -0.4 is 0 Å². The van der Waals surface area contributed by atoms with Crippen molar-refractivity contribution in [3.63, 3.8) is 0 Å². The van der Waals surface area contributed by atoms with Crippen molar-refractivity contribution < 1.29 is 19.0 Å². The van der Waals surface area contributed by atoms with Gasteiger partial charge in [-0.2, -0.15) is 0 Å². The van der Waals surface area contributed by atoms with Crippen LogP contribution in [0.4, 0.5) is 9.18 Å². The molecule has 20 heavy (non-hydrogen) atoms. The number of nitrogens with zero attached hydrogens (tertiary/aromatic N) is 1. The summed E-state index contributed by atoms with van der Waals surface area (Å²) in [6.07, 6.45) is 0.565. The van der Waals surface area contributed by atoms with Crippen LogP contribution in [0.15, 0.2) is 12.1 Å². The summed E-state index contributed by atoms with van der Waals surface area (Å²) >= 11 is 0. The van der Waals surface area contributed by atoms with Crippen molar-refractivity contribution in [1.82, 2.24) is 4.90 Å². The van der Waals surface area contributed by atoms with Crippen molar-refractivity contribution in [3.05, 3.63) is 29.1 Å². The summed E-state index contributed by atoms with van der Waals surface area (Å²) in [4.78, 5) is 13.6. The second-order valence-corrected chi connectivity index (χ2v) is 6.00. The van der Waals surface area contributed by atoms with Crippen molar-refractivity contribution in [2.75, 3.05) is 13.1 Å². The number of aromatic hydroxyl groups is 1. The molecule has 1 aromatic carbocycles. The molecule has 0 spiro atoms. The van der Waals surface area contributed by atoms with Crippen LogP contribution in [-0.4, -0.2) is 34.8 Å². The first-order chi connectivity index (χ1) is 9.28. The molecule has 1 aliphatic rings. The summed E-state index contributed by atoms with van der Waals surface area (Å²) in [6, 6.07) is 3.07. The minimum Gasteiger partial charge on any atom is -0.505 e. The largest absolute Gasteiger partial charge is 0.505 e. The molecular formula is C15H20FNO3. The van der Waals surface area contributed by atoms with Crippen LogP contribution in [0.2, 0.25) is 0 Å². The van der Waals surface area contributed by atoms with Crippen LogP contribution in [0.1, 0.15) is 31.9 Å². The predicted octanol–water partition coefficient (Wildman–Crippen LogP) is 2.87. The summed E-state index contributed by atoms with van der Waals surface area (Å²) in [5.41, 5.74) is 0.794. The van der Waals surface area contributed by atoms with Gasteiger partial charge in [-0.3, -0.25) is 0 Å². The number of carbonyl (C=O) groups excluding carboxylic acids is 1. The van der Waals surface area contributed by atoms with Crippen LogP contribution in [0, 0.1) is 5.82 Å². The Bertz CT molecular complexity index is 523. The molecule has 0 radical (unpaired) electrons. The van der Waals surface area contributed by atoms with Gasteiger partial charge in [-0.05, 0) is 50.8 Å². The molecule has 0 aromatic heterocycles. The monoisotopic (exact) mass is 281 g/mol. The van der Waals surface area contributed by atoms with Crippen LogP contribution in [0.5, 0.6) is 5.75 Å². The maximum atomic E-state index is 13.9.